The summed E-state index contributed by atoms with van der Waals surface area (Å²) in [4.78, 5) is 12.0. The summed E-state index contributed by atoms with van der Waals surface area (Å²) in [6.07, 6.45) is 0. The van der Waals surface area contributed by atoms with E-state index in [1.54, 1.807) is 4.68 Å². The second-order valence-corrected chi connectivity index (χ2v) is 4.59. The van der Waals surface area contributed by atoms with Crippen molar-refractivity contribution in [3.63, 3.8) is 0 Å². The molecule has 106 valence electrons. The molecule has 1 aromatic carbocycles. The van der Waals surface area contributed by atoms with Crippen LogP contribution in [0.25, 0.3) is 0 Å². The van der Waals surface area contributed by atoms with Gasteiger partial charge in [-0.1, -0.05) is 0 Å². The van der Waals surface area contributed by atoms with E-state index < -0.39 is 0 Å². The molecule has 1 aromatic heterocycles. The Bertz CT molecular complexity index is 588. The summed E-state index contributed by atoms with van der Waals surface area (Å²) in [6, 6.07) is 9.27. The van der Waals surface area contributed by atoms with Crippen LogP contribution in [0.2, 0.25) is 0 Å². The van der Waals surface area contributed by atoms with E-state index in [0.717, 1.165) is 22.8 Å². The van der Waals surface area contributed by atoms with E-state index in [1.807, 2.05) is 51.1 Å². The smallest absolute Gasteiger partial charge is 0.246 e. The molecule has 2 rings (SSSR count). The number of carbonyl (C=O) groups is 1. The van der Waals surface area contributed by atoms with E-state index in [-0.39, 0.29) is 12.5 Å². The Kier molecular flexibility index (Phi) is 4.40. The van der Waals surface area contributed by atoms with E-state index in [9.17, 15) is 4.79 Å². The Balaban J connectivity index is 1.95. The molecule has 0 fully saturated rings. The van der Waals surface area contributed by atoms with E-state index in [4.69, 9.17) is 4.74 Å². The van der Waals surface area contributed by atoms with Crippen molar-refractivity contribution in [1.29, 1.82) is 0 Å². The standard InChI is InChI=1S/C15H19N3O2/c1-4-20-14-7-5-13(6-8-14)16-15(19)10-18-12(3)9-11(2)17-18/h5-9H,4,10H2,1-3H3,(H,16,19). The largest absolute Gasteiger partial charge is 0.494 e. The van der Waals surface area contributed by atoms with Gasteiger partial charge in [0.15, 0.2) is 0 Å². The van der Waals surface area contributed by atoms with Gasteiger partial charge in [-0.15, -0.1) is 0 Å². The maximum absolute atomic E-state index is 12.0. The molecule has 5 nitrogen and oxygen atoms in total. The van der Waals surface area contributed by atoms with Gasteiger partial charge in [0.05, 0.1) is 12.3 Å². The van der Waals surface area contributed by atoms with Crippen LogP contribution >= 0.6 is 0 Å². The number of hydrogen-bond donors (Lipinski definition) is 1. The second kappa shape index (κ2) is 6.23. The molecule has 0 saturated carbocycles. The Morgan fingerprint density at radius 2 is 2.00 bits per heavy atom. The van der Waals surface area contributed by atoms with Crippen LogP contribution in [-0.2, 0) is 11.3 Å². The summed E-state index contributed by atoms with van der Waals surface area (Å²) in [5, 5.41) is 7.11. The molecule has 0 saturated heterocycles. The highest BCUT2D eigenvalue weighted by molar-refractivity contribution is 5.90. The van der Waals surface area contributed by atoms with E-state index in [1.165, 1.54) is 0 Å². The molecule has 0 radical (unpaired) electrons. The maximum Gasteiger partial charge on any atom is 0.246 e. The van der Waals surface area contributed by atoms with Crippen molar-refractivity contribution in [1.82, 2.24) is 9.78 Å². The summed E-state index contributed by atoms with van der Waals surface area (Å²) in [7, 11) is 0. The molecule has 5 heteroatoms. The van der Waals surface area contributed by atoms with Crippen molar-refractivity contribution in [3.8, 4) is 5.75 Å². The zero-order valence-electron chi connectivity index (χ0n) is 12.0. The van der Waals surface area contributed by atoms with Gasteiger partial charge in [0.25, 0.3) is 0 Å². The molecule has 1 N–H and O–H groups in total. The molecule has 0 aliphatic carbocycles. The van der Waals surface area contributed by atoms with Crippen LogP contribution in [0, 0.1) is 13.8 Å². The number of ether oxygens (including phenoxy) is 1. The first-order valence-corrected chi connectivity index (χ1v) is 6.62. The number of hydrogen-bond acceptors (Lipinski definition) is 3. The number of aryl methyl sites for hydroxylation is 2. The zero-order valence-corrected chi connectivity index (χ0v) is 12.0. The normalized spacial score (nSPS) is 10.3. The lowest BCUT2D eigenvalue weighted by atomic mass is 10.3. The van der Waals surface area contributed by atoms with Gasteiger partial charge in [0, 0.05) is 11.4 Å². The van der Waals surface area contributed by atoms with Crippen LogP contribution in [0.4, 0.5) is 5.69 Å². The van der Waals surface area contributed by atoms with Gasteiger partial charge in [-0.25, -0.2) is 0 Å². The average molecular weight is 273 g/mol. The summed E-state index contributed by atoms with van der Waals surface area (Å²) in [5.74, 6) is 0.699. The van der Waals surface area contributed by atoms with Crippen LogP contribution in [0.3, 0.4) is 0 Å². The predicted octanol–water partition coefficient (Wildman–Crippen LogP) is 2.54. The lowest BCUT2D eigenvalue weighted by molar-refractivity contribution is -0.116. The summed E-state index contributed by atoms with van der Waals surface area (Å²) >= 11 is 0. The molecule has 0 aliphatic heterocycles. The van der Waals surface area contributed by atoms with Gasteiger partial charge in [0.1, 0.15) is 12.3 Å². The highest BCUT2D eigenvalue weighted by Gasteiger charge is 2.07. The molecular formula is C15H19N3O2. The van der Waals surface area contributed by atoms with Crippen LogP contribution in [0.15, 0.2) is 30.3 Å². The first kappa shape index (κ1) is 14.1. The van der Waals surface area contributed by atoms with Crippen molar-refractivity contribution < 1.29 is 9.53 Å². The molecule has 0 spiro atoms. The van der Waals surface area contributed by atoms with E-state index in [2.05, 4.69) is 10.4 Å². The van der Waals surface area contributed by atoms with Crippen molar-refractivity contribution in [2.45, 2.75) is 27.3 Å². The van der Waals surface area contributed by atoms with Crippen LogP contribution in [-0.4, -0.2) is 22.3 Å². The molecule has 1 amide bonds. The minimum absolute atomic E-state index is 0.0969. The molecule has 1 heterocycles. The summed E-state index contributed by atoms with van der Waals surface area (Å²) in [5.41, 5.74) is 2.64. The monoisotopic (exact) mass is 273 g/mol. The van der Waals surface area contributed by atoms with Crippen molar-refractivity contribution in [2.75, 3.05) is 11.9 Å². The topological polar surface area (TPSA) is 56.1 Å². The molecule has 0 bridgehead atoms. The third-order valence-corrected chi connectivity index (χ3v) is 2.85. The average Bonchev–Trinajstić information content (AvgIpc) is 2.70. The van der Waals surface area contributed by atoms with Crippen molar-refractivity contribution in [3.05, 3.63) is 41.7 Å². The Hall–Kier alpha value is -2.30. The van der Waals surface area contributed by atoms with Gasteiger partial charge in [-0.3, -0.25) is 9.48 Å². The Morgan fingerprint density at radius 1 is 1.30 bits per heavy atom. The van der Waals surface area contributed by atoms with Crippen LogP contribution in [0.5, 0.6) is 5.75 Å². The quantitative estimate of drug-likeness (QED) is 0.910. The summed E-state index contributed by atoms with van der Waals surface area (Å²) < 4.78 is 7.05. The van der Waals surface area contributed by atoms with Gasteiger partial charge in [-0.05, 0) is 51.1 Å². The minimum atomic E-state index is -0.0969. The number of nitrogens with zero attached hydrogens (tertiary/aromatic N) is 2. The number of aromatic nitrogens is 2. The number of anilines is 1. The number of nitrogens with one attached hydrogen (secondary N) is 1. The molecular weight excluding hydrogens is 254 g/mol. The predicted molar refractivity (Wildman–Crippen MR) is 77.9 cm³/mol. The highest BCUT2D eigenvalue weighted by Crippen LogP contribution is 2.15. The Labute approximate surface area is 118 Å². The van der Waals surface area contributed by atoms with E-state index >= 15 is 0 Å². The number of carbonyl (C=O) groups excluding carboxylic acids is 1. The van der Waals surface area contributed by atoms with Crippen molar-refractivity contribution >= 4 is 11.6 Å². The molecule has 2 aromatic rings. The van der Waals surface area contributed by atoms with Gasteiger partial charge < -0.3 is 10.1 Å². The number of benzene rings is 1. The molecule has 0 unspecified atom stereocenters. The first-order chi connectivity index (χ1) is 9.58. The minimum Gasteiger partial charge on any atom is -0.494 e. The van der Waals surface area contributed by atoms with Crippen molar-refractivity contribution in [2.24, 2.45) is 0 Å². The maximum atomic E-state index is 12.0. The fraction of sp³-hybridized carbons (Fsp3) is 0.333. The SMILES string of the molecule is CCOc1ccc(NC(=O)Cn2nc(C)cc2C)cc1. The highest BCUT2D eigenvalue weighted by atomic mass is 16.5. The van der Waals surface area contributed by atoms with E-state index in [0.29, 0.717) is 6.61 Å². The molecule has 0 aliphatic rings. The van der Waals surface area contributed by atoms with Gasteiger partial charge >= 0.3 is 0 Å². The zero-order chi connectivity index (χ0) is 14.5. The summed E-state index contributed by atoms with van der Waals surface area (Å²) in [6.45, 7) is 6.62. The first-order valence-electron chi connectivity index (χ1n) is 6.62. The number of amides is 1. The van der Waals surface area contributed by atoms with Crippen LogP contribution < -0.4 is 10.1 Å². The number of rotatable bonds is 5. The Morgan fingerprint density at radius 3 is 2.55 bits per heavy atom. The molecule has 0 atom stereocenters. The fourth-order valence-electron chi connectivity index (χ4n) is 1.97. The lowest BCUT2D eigenvalue weighted by Gasteiger charge is -2.08. The van der Waals surface area contributed by atoms with Gasteiger partial charge in [-0.2, -0.15) is 5.10 Å². The van der Waals surface area contributed by atoms with Gasteiger partial charge in [0.2, 0.25) is 5.91 Å². The van der Waals surface area contributed by atoms with Crippen LogP contribution in [0.1, 0.15) is 18.3 Å². The lowest BCUT2D eigenvalue weighted by Crippen LogP contribution is -2.20. The second-order valence-electron chi connectivity index (χ2n) is 4.59. The molecule has 20 heavy (non-hydrogen) atoms. The third kappa shape index (κ3) is 3.60. The third-order valence-electron chi connectivity index (χ3n) is 2.85. The fourth-order valence-corrected chi connectivity index (χ4v) is 1.97.